The molecule has 0 radical (unpaired) electrons. The number of esters is 1. The number of pyridine rings is 1. The third-order valence-electron chi connectivity index (χ3n) is 3.52. The molecule has 0 saturated heterocycles. The number of carbonyl (C=O) groups excluding carboxylic acids is 2. The molecule has 0 unspecified atom stereocenters. The lowest BCUT2D eigenvalue weighted by molar-refractivity contribution is -0.142. The molecule has 2 heterocycles. The van der Waals surface area contributed by atoms with E-state index in [0.29, 0.717) is 16.6 Å². The van der Waals surface area contributed by atoms with Crippen LogP contribution in [0.1, 0.15) is 23.0 Å². The minimum Gasteiger partial charge on any atom is -0.506 e. The first-order chi connectivity index (χ1) is 12.5. The van der Waals surface area contributed by atoms with E-state index in [0.717, 1.165) is 11.3 Å². The van der Waals surface area contributed by atoms with Crippen molar-refractivity contribution in [2.75, 3.05) is 11.9 Å². The Morgan fingerprint density at radius 1 is 1.35 bits per heavy atom. The molecule has 8 nitrogen and oxygen atoms in total. The number of rotatable bonds is 5. The number of amides is 1. The van der Waals surface area contributed by atoms with Gasteiger partial charge in [-0.25, -0.2) is 4.98 Å². The van der Waals surface area contributed by atoms with E-state index in [2.05, 4.69) is 15.3 Å². The highest BCUT2D eigenvalue weighted by Gasteiger charge is 2.20. The largest absolute Gasteiger partial charge is 0.506 e. The van der Waals surface area contributed by atoms with Crippen LogP contribution in [-0.2, 0) is 16.0 Å². The topological polar surface area (TPSA) is 121 Å². The molecule has 3 rings (SSSR count). The maximum Gasteiger partial charge on any atom is 0.311 e. The molecule has 0 atom stereocenters. The summed E-state index contributed by atoms with van der Waals surface area (Å²) in [4.78, 5) is 42.7. The van der Waals surface area contributed by atoms with Gasteiger partial charge >= 0.3 is 5.97 Å². The van der Waals surface area contributed by atoms with Crippen LogP contribution in [0.5, 0.6) is 5.75 Å². The number of fused-ring (bicyclic) bond motifs is 1. The van der Waals surface area contributed by atoms with Gasteiger partial charge in [-0.2, -0.15) is 0 Å². The van der Waals surface area contributed by atoms with Crippen molar-refractivity contribution in [3.8, 4) is 5.75 Å². The second-order valence-electron chi connectivity index (χ2n) is 5.30. The summed E-state index contributed by atoms with van der Waals surface area (Å²) in [5.41, 5.74) is -0.231. The summed E-state index contributed by atoms with van der Waals surface area (Å²) in [6.07, 6.45) is -0.0119. The summed E-state index contributed by atoms with van der Waals surface area (Å²) in [5, 5.41) is 14.9. The Bertz CT molecular complexity index is 1040. The molecule has 0 aliphatic carbocycles. The van der Waals surface area contributed by atoms with Gasteiger partial charge in [0.1, 0.15) is 11.3 Å². The van der Waals surface area contributed by atoms with Crippen LogP contribution in [0.25, 0.3) is 10.9 Å². The van der Waals surface area contributed by atoms with Gasteiger partial charge in [-0.15, -0.1) is 11.3 Å². The Morgan fingerprint density at radius 2 is 2.12 bits per heavy atom. The fourth-order valence-electron chi connectivity index (χ4n) is 2.40. The molecule has 1 amide bonds. The number of aromatic amines is 1. The number of hydrogen-bond donors (Lipinski definition) is 3. The molecule has 134 valence electrons. The zero-order chi connectivity index (χ0) is 18.7. The minimum atomic E-state index is -0.786. The van der Waals surface area contributed by atoms with Crippen molar-refractivity contribution < 1.29 is 19.4 Å². The van der Waals surface area contributed by atoms with Crippen LogP contribution >= 0.6 is 11.3 Å². The number of anilines is 1. The van der Waals surface area contributed by atoms with Crippen molar-refractivity contribution in [2.24, 2.45) is 0 Å². The average Bonchev–Trinajstić information content (AvgIpc) is 3.01. The first-order valence-electron chi connectivity index (χ1n) is 7.75. The van der Waals surface area contributed by atoms with Crippen LogP contribution in [0.15, 0.2) is 34.4 Å². The number of thiazole rings is 1. The lowest BCUT2D eigenvalue weighted by Gasteiger charge is -2.06. The van der Waals surface area contributed by atoms with Gasteiger partial charge in [0.05, 0.1) is 24.2 Å². The van der Waals surface area contributed by atoms with E-state index in [1.807, 2.05) is 0 Å². The predicted octanol–water partition coefficient (Wildman–Crippen LogP) is 2.05. The monoisotopic (exact) mass is 373 g/mol. The maximum absolute atomic E-state index is 12.4. The molecule has 26 heavy (non-hydrogen) atoms. The number of nitrogens with one attached hydrogen (secondary N) is 2. The first-order valence-corrected chi connectivity index (χ1v) is 8.63. The summed E-state index contributed by atoms with van der Waals surface area (Å²) in [5.74, 6) is -1.60. The Kier molecular flexibility index (Phi) is 4.99. The molecule has 0 fully saturated rings. The fourth-order valence-corrected chi connectivity index (χ4v) is 3.11. The second-order valence-corrected chi connectivity index (χ2v) is 6.16. The SMILES string of the molecule is CCOC(=O)Cc1csc(NC(=O)c2c(O)c3ccccc3[nH]c2=O)n1. The van der Waals surface area contributed by atoms with E-state index < -0.39 is 28.7 Å². The number of hydrogen-bond acceptors (Lipinski definition) is 7. The van der Waals surface area contributed by atoms with Gasteiger partial charge in [0.2, 0.25) is 0 Å². The quantitative estimate of drug-likeness (QED) is 0.589. The smallest absolute Gasteiger partial charge is 0.311 e. The molecular formula is C17H15N3O5S. The predicted molar refractivity (Wildman–Crippen MR) is 96.6 cm³/mol. The molecule has 0 aliphatic rings. The fraction of sp³-hybridized carbons (Fsp3) is 0.176. The Morgan fingerprint density at radius 3 is 2.88 bits per heavy atom. The molecule has 0 aliphatic heterocycles. The summed E-state index contributed by atoms with van der Waals surface area (Å²) < 4.78 is 4.84. The van der Waals surface area contributed by atoms with Gasteiger partial charge in [-0.1, -0.05) is 12.1 Å². The van der Waals surface area contributed by atoms with E-state index >= 15 is 0 Å². The summed E-state index contributed by atoms with van der Waals surface area (Å²) in [6, 6.07) is 6.61. The highest BCUT2D eigenvalue weighted by Crippen LogP contribution is 2.25. The molecular weight excluding hydrogens is 358 g/mol. The van der Waals surface area contributed by atoms with Crippen LogP contribution < -0.4 is 10.9 Å². The molecule has 9 heteroatoms. The maximum atomic E-state index is 12.4. The van der Waals surface area contributed by atoms with Gasteiger partial charge in [0.25, 0.3) is 11.5 Å². The van der Waals surface area contributed by atoms with Crippen LogP contribution in [0.2, 0.25) is 0 Å². The van der Waals surface area contributed by atoms with Crippen molar-refractivity contribution in [1.29, 1.82) is 0 Å². The van der Waals surface area contributed by atoms with Crippen molar-refractivity contribution in [1.82, 2.24) is 9.97 Å². The van der Waals surface area contributed by atoms with Crippen molar-refractivity contribution in [3.63, 3.8) is 0 Å². The third kappa shape index (κ3) is 3.57. The number of para-hydroxylation sites is 1. The van der Waals surface area contributed by atoms with E-state index in [-0.39, 0.29) is 18.2 Å². The van der Waals surface area contributed by atoms with E-state index in [1.54, 1.807) is 36.6 Å². The highest BCUT2D eigenvalue weighted by molar-refractivity contribution is 7.14. The van der Waals surface area contributed by atoms with Crippen molar-refractivity contribution in [2.45, 2.75) is 13.3 Å². The standard InChI is InChI=1S/C17H15N3O5S/c1-2-25-12(21)7-9-8-26-17(18-9)20-16(24)13-14(22)10-5-3-4-6-11(10)19-15(13)23/h3-6,8H,2,7H2,1H3,(H,18,20,24)(H2,19,22,23). The number of aromatic hydroxyl groups is 1. The molecule has 0 bridgehead atoms. The molecule has 3 N–H and O–H groups in total. The van der Waals surface area contributed by atoms with Crippen molar-refractivity contribution >= 4 is 39.2 Å². The van der Waals surface area contributed by atoms with Gasteiger partial charge in [0.15, 0.2) is 5.13 Å². The third-order valence-corrected chi connectivity index (χ3v) is 4.33. The zero-order valence-corrected chi connectivity index (χ0v) is 14.6. The lowest BCUT2D eigenvalue weighted by atomic mass is 10.1. The van der Waals surface area contributed by atoms with Gasteiger partial charge in [-0.05, 0) is 19.1 Å². The van der Waals surface area contributed by atoms with E-state index in [1.165, 1.54) is 0 Å². The number of ether oxygens (including phenoxy) is 1. The normalized spacial score (nSPS) is 10.7. The van der Waals surface area contributed by atoms with Gasteiger partial charge in [0, 0.05) is 10.8 Å². The molecule has 0 saturated carbocycles. The summed E-state index contributed by atoms with van der Waals surface area (Å²) in [6.45, 7) is 1.98. The van der Waals surface area contributed by atoms with Gasteiger partial charge in [-0.3, -0.25) is 19.7 Å². The van der Waals surface area contributed by atoms with Crippen LogP contribution in [-0.4, -0.2) is 33.6 Å². The molecule has 3 aromatic rings. The summed E-state index contributed by atoms with van der Waals surface area (Å²) >= 11 is 1.10. The van der Waals surface area contributed by atoms with E-state index in [4.69, 9.17) is 4.74 Å². The average molecular weight is 373 g/mol. The Hall–Kier alpha value is -3.20. The summed E-state index contributed by atoms with van der Waals surface area (Å²) in [7, 11) is 0. The van der Waals surface area contributed by atoms with Crippen LogP contribution in [0.3, 0.4) is 0 Å². The van der Waals surface area contributed by atoms with Gasteiger partial charge < -0.3 is 14.8 Å². The number of benzene rings is 1. The first kappa shape index (κ1) is 17.6. The minimum absolute atomic E-state index is 0.0119. The van der Waals surface area contributed by atoms with Crippen LogP contribution in [0, 0.1) is 0 Å². The highest BCUT2D eigenvalue weighted by atomic mass is 32.1. The molecule has 1 aromatic carbocycles. The molecule has 2 aromatic heterocycles. The van der Waals surface area contributed by atoms with Crippen molar-refractivity contribution in [3.05, 3.63) is 51.3 Å². The lowest BCUT2D eigenvalue weighted by Crippen LogP contribution is -2.23. The number of nitrogens with zero attached hydrogens (tertiary/aromatic N) is 1. The second kappa shape index (κ2) is 7.36. The zero-order valence-electron chi connectivity index (χ0n) is 13.7. The van der Waals surface area contributed by atoms with Crippen LogP contribution in [0.4, 0.5) is 5.13 Å². The number of aromatic nitrogens is 2. The molecule has 0 spiro atoms. The number of H-pyrrole nitrogens is 1. The number of carbonyl (C=O) groups is 2. The van der Waals surface area contributed by atoms with E-state index in [9.17, 15) is 19.5 Å². The Balaban J connectivity index is 1.83. The Labute approximate surface area is 151 Å².